The number of hydrogen-bond donors (Lipinski definition) is 1. The molecule has 96 valence electrons. The Bertz CT molecular complexity index is 468. The van der Waals surface area contributed by atoms with Gasteiger partial charge in [-0.3, -0.25) is 0 Å². The third kappa shape index (κ3) is 2.67. The van der Waals surface area contributed by atoms with Crippen molar-refractivity contribution >= 4 is 5.69 Å². The summed E-state index contributed by atoms with van der Waals surface area (Å²) in [6.45, 7) is 6.72. The molecule has 1 saturated carbocycles. The van der Waals surface area contributed by atoms with Gasteiger partial charge in [-0.25, -0.2) is 0 Å². The minimum absolute atomic E-state index is 0.314. The molecule has 2 heteroatoms. The summed E-state index contributed by atoms with van der Waals surface area (Å²) in [5.74, 6) is 0. The van der Waals surface area contributed by atoms with E-state index in [1.54, 1.807) is 0 Å². The number of nitriles is 1. The number of nitrogens with one attached hydrogen (secondary N) is 1. The maximum absolute atomic E-state index is 9.18. The van der Waals surface area contributed by atoms with Crippen LogP contribution in [0.15, 0.2) is 18.2 Å². The van der Waals surface area contributed by atoms with E-state index in [-0.39, 0.29) is 0 Å². The second-order valence-electron chi connectivity index (χ2n) is 6.09. The van der Waals surface area contributed by atoms with Crippen LogP contribution < -0.4 is 5.32 Å². The average Bonchev–Trinajstić information content (AvgIpc) is 2.32. The van der Waals surface area contributed by atoms with E-state index in [2.05, 4.69) is 38.2 Å². The Morgan fingerprint density at radius 3 is 2.78 bits per heavy atom. The van der Waals surface area contributed by atoms with Gasteiger partial charge < -0.3 is 5.32 Å². The third-order valence-electron chi connectivity index (χ3n) is 4.13. The van der Waals surface area contributed by atoms with E-state index in [0.29, 0.717) is 11.5 Å². The molecule has 2 rings (SSSR count). The Labute approximate surface area is 110 Å². The topological polar surface area (TPSA) is 35.8 Å². The van der Waals surface area contributed by atoms with Crippen LogP contribution in [-0.4, -0.2) is 6.04 Å². The molecule has 1 fully saturated rings. The van der Waals surface area contributed by atoms with Gasteiger partial charge in [-0.2, -0.15) is 5.26 Å². The van der Waals surface area contributed by atoms with Gasteiger partial charge in [-0.05, 0) is 42.9 Å². The minimum atomic E-state index is 0.314. The van der Waals surface area contributed by atoms with Gasteiger partial charge in [-0.15, -0.1) is 0 Å². The van der Waals surface area contributed by atoms with E-state index < -0.39 is 0 Å². The molecule has 1 aliphatic rings. The van der Waals surface area contributed by atoms with Crippen LogP contribution in [0.1, 0.15) is 50.7 Å². The molecule has 0 aliphatic heterocycles. The van der Waals surface area contributed by atoms with Crippen molar-refractivity contribution in [1.82, 2.24) is 0 Å². The maximum Gasteiger partial charge on any atom is 0.101 e. The van der Waals surface area contributed by atoms with Gasteiger partial charge in [0.1, 0.15) is 6.07 Å². The van der Waals surface area contributed by atoms with E-state index in [1.165, 1.54) is 31.2 Å². The maximum atomic E-state index is 9.18. The lowest BCUT2D eigenvalue weighted by molar-refractivity contribution is 0.217. The highest BCUT2D eigenvalue weighted by atomic mass is 14.9. The van der Waals surface area contributed by atoms with E-state index >= 15 is 0 Å². The van der Waals surface area contributed by atoms with Crippen molar-refractivity contribution in [1.29, 1.82) is 5.26 Å². The number of rotatable bonds is 2. The zero-order valence-corrected chi connectivity index (χ0v) is 11.6. The number of hydrogen-bond acceptors (Lipinski definition) is 2. The van der Waals surface area contributed by atoms with Gasteiger partial charge in [0.05, 0.1) is 11.3 Å². The zero-order valence-electron chi connectivity index (χ0n) is 11.6. The van der Waals surface area contributed by atoms with Crippen LogP contribution in [0, 0.1) is 23.7 Å². The molecule has 1 N–H and O–H groups in total. The summed E-state index contributed by atoms with van der Waals surface area (Å²) in [6, 6.07) is 8.74. The Balaban J connectivity index is 2.23. The molecule has 1 aromatic carbocycles. The molecule has 0 radical (unpaired) electrons. The van der Waals surface area contributed by atoms with Crippen molar-refractivity contribution in [3.8, 4) is 6.07 Å². The van der Waals surface area contributed by atoms with Gasteiger partial charge in [0.2, 0.25) is 0 Å². The molecule has 0 spiro atoms. The quantitative estimate of drug-likeness (QED) is 0.841. The minimum Gasteiger partial charge on any atom is -0.381 e. The van der Waals surface area contributed by atoms with Crippen LogP contribution in [0.5, 0.6) is 0 Å². The molecule has 1 aliphatic carbocycles. The first-order valence-electron chi connectivity index (χ1n) is 6.80. The Morgan fingerprint density at radius 1 is 1.33 bits per heavy atom. The Hall–Kier alpha value is -1.49. The number of anilines is 1. The molecule has 18 heavy (non-hydrogen) atoms. The molecule has 1 unspecified atom stereocenters. The van der Waals surface area contributed by atoms with Crippen LogP contribution >= 0.6 is 0 Å². The number of nitrogens with zero attached hydrogens (tertiary/aromatic N) is 1. The van der Waals surface area contributed by atoms with Crippen LogP contribution in [0.2, 0.25) is 0 Å². The fraction of sp³-hybridized carbons (Fsp3) is 0.562. The molecule has 1 aromatic rings. The first-order chi connectivity index (χ1) is 8.53. The van der Waals surface area contributed by atoms with Crippen molar-refractivity contribution in [3.63, 3.8) is 0 Å². The molecule has 1 atom stereocenters. The van der Waals surface area contributed by atoms with Gasteiger partial charge >= 0.3 is 0 Å². The lowest BCUT2D eigenvalue weighted by Crippen LogP contribution is -2.39. The van der Waals surface area contributed by atoms with E-state index in [0.717, 1.165) is 11.3 Å². The van der Waals surface area contributed by atoms with Crippen LogP contribution in [0.25, 0.3) is 0 Å². The molecule has 0 bridgehead atoms. The van der Waals surface area contributed by atoms with Crippen molar-refractivity contribution in [2.45, 2.75) is 52.5 Å². The summed E-state index contributed by atoms with van der Waals surface area (Å²) in [6.07, 6.45) is 5.07. The summed E-state index contributed by atoms with van der Waals surface area (Å²) < 4.78 is 0. The Morgan fingerprint density at radius 2 is 2.11 bits per heavy atom. The molecule has 0 saturated heterocycles. The van der Waals surface area contributed by atoms with Crippen molar-refractivity contribution in [3.05, 3.63) is 29.3 Å². The Kier molecular flexibility index (Phi) is 3.61. The zero-order chi connectivity index (χ0) is 13.2. The first kappa shape index (κ1) is 13.0. The second-order valence-corrected chi connectivity index (χ2v) is 6.09. The summed E-state index contributed by atoms with van der Waals surface area (Å²) in [4.78, 5) is 0. The van der Waals surface area contributed by atoms with Gasteiger partial charge in [0.15, 0.2) is 0 Å². The number of aryl methyl sites for hydroxylation is 1. The van der Waals surface area contributed by atoms with Crippen LogP contribution in [0.3, 0.4) is 0 Å². The lowest BCUT2D eigenvalue weighted by atomic mass is 9.73. The predicted octanol–water partition coefficient (Wildman–Crippen LogP) is 4.25. The summed E-state index contributed by atoms with van der Waals surface area (Å²) in [7, 11) is 0. The second kappa shape index (κ2) is 5.02. The largest absolute Gasteiger partial charge is 0.381 e. The van der Waals surface area contributed by atoms with Gasteiger partial charge in [0, 0.05) is 6.04 Å². The van der Waals surface area contributed by atoms with Gasteiger partial charge in [-0.1, -0.05) is 32.8 Å². The van der Waals surface area contributed by atoms with Crippen molar-refractivity contribution in [2.75, 3.05) is 5.32 Å². The first-order valence-corrected chi connectivity index (χ1v) is 6.80. The van der Waals surface area contributed by atoms with E-state index in [9.17, 15) is 5.26 Å². The monoisotopic (exact) mass is 242 g/mol. The fourth-order valence-corrected chi connectivity index (χ4v) is 2.82. The molecule has 0 heterocycles. The lowest BCUT2D eigenvalue weighted by Gasteiger charge is -2.39. The average molecular weight is 242 g/mol. The van der Waals surface area contributed by atoms with Crippen molar-refractivity contribution < 1.29 is 0 Å². The molecular weight excluding hydrogens is 220 g/mol. The molecule has 2 nitrogen and oxygen atoms in total. The summed E-state index contributed by atoms with van der Waals surface area (Å²) in [5, 5.41) is 12.8. The SMILES string of the molecule is Cc1ccc(C#N)c(NC2CCCCC2(C)C)c1. The van der Waals surface area contributed by atoms with Crippen LogP contribution in [0.4, 0.5) is 5.69 Å². The van der Waals surface area contributed by atoms with Crippen molar-refractivity contribution in [2.24, 2.45) is 5.41 Å². The molecule has 0 aromatic heterocycles. The standard InChI is InChI=1S/C16H22N2/c1-12-7-8-13(11-17)14(10-12)18-15-6-4-5-9-16(15,2)3/h7-8,10,15,18H,4-6,9H2,1-3H3. The summed E-state index contributed by atoms with van der Waals surface area (Å²) in [5.41, 5.74) is 3.26. The number of benzene rings is 1. The highest BCUT2D eigenvalue weighted by molar-refractivity contribution is 5.59. The highest BCUT2D eigenvalue weighted by Gasteiger charge is 2.32. The highest BCUT2D eigenvalue weighted by Crippen LogP contribution is 2.37. The smallest absolute Gasteiger partial charge is 0.101 e. The predicted molar refractivity (Wildman–Crippen MR) is 75.6 cm³/mol. The van der Waals surface area contributed by atoms with Crippen LogP contribution in [-0.2, 0) is 0 Å². The van der Waals surface area contributed by atoms with E-state index in [1.807, 2.05) is 12.1 Å². The summed E-state index contributed by atoms with van der Waals surface area (Å²) >= 11 is 0. The van der Waals surface area contributed by atoms with E-state index in [4.69, 9.17) is 0 Å². The third-order valence-corrected chi connectivity index (χ3v) is 4.13. The molecular formula is C16H22N2. The molecule has 0 amide bonds. The van der Waals surface area contributed by atoms with Gasteiger partial charge in [0.25, 0.3) is 0 Å². The fourth-order valence-electron chi connectivity index (χ4n) is 2.82. The normalized spacial score (nSPS) is 22.2.